The number of amidine groups is 1. The number of carbonyl (C=O) groups excluding carboxylic acids is 1. The highest BCUT2D eigenvalue weighted by atomic mass is 16.6. The Labute approximate surface area is 126 Å². The Morgan fingerprint density at radius 1 is 1.43 bits per heavy atom. The van der Waals surface area contributed by atoms with Gasteiger partial charge in [0.1, 0.15) is 11.4 Å². The monoisotopic (exact) mass is 301 g/mol. The molecule has 1 N–H and O–H groups in total. The first kappa shape index (κ1) is 17.7. The summed E-state index contributed by atoms with van der Waals surface area (Å²) in [6, 6.07) is 0. The van der Waals surface area contributed by atoms with E-state index >= 15 is 0 Å². The number of hydrogen-bond donors (Lipinski definition) is 1. The molecule has 0 saturated heterocycles. The van der Waals surface area contributed by atoms with E-state index in [1.807, 2.05) is 20.8 Å². The van der Waals surface area contributed by atoms with Crippen LogP contribution >= 0.6 is 0 Å². The summed E-state index contributed by atoms with van der Waals surface area (Å²) in [5.41, 5.74) is -0.487. The minimum absolute atomic E-state index is 0.0467. The summed E-state index contributed by atoms with van der Waals surface area (Å²) < 4.78 is 15.7. The number of methoxy groups -OCH3 is 2. The second-order valence-corrected chi connectivity index (χ2v) is 5.92. The quantitative estimate of drug-likeness (QED) is 0.816. The van der Waals surface area contributed by atoms with Crippen molar-refractivity contribution < 1.29 is 19.0 Å². The molecule has 7 nitrogen and oxygen atoms in total. The maximum Gasteiger partial charge on any atom is 0.410 e. The van der Waals surface area contributed by atoms with Gasteiger partial charge >= 0.3 is 6.09 Å². The zero-order valence-corrected chi connectivity index (χ0v) is 13.6. The zero-order chi connectivity index (χ0) is 15.9. The molecule has 0 fully saturated rings. The van der Waals surface area contributed by atoms with Crippen molar-refractivity contribution in [3.8, 4) is 0 Å². The van der Waals surface area contributed by atoms with E-state index in [4.69, 9.17) is 14.2 Å². The van der Waals surface area contributed by atoms with Crippen molar-refractivity contribution in [1.82, 2.24) is 10.2 Å². The van der Waals surface area contributed by atoms with Crippen molar-refractivity contribution in [3.05, 3.63) is 0 Å². The lowest BCUT2D eigenvalue weighted by Crippen LogP contribution is -2.48. The van der Waals surface area contributed by atoms with Gasteiger partial charge in [-0.05, 0) is 20.8 Å². The second kappa shape index (κ2) is 8.19. The van der Waals surface area contributed by atoms with Gasteiger partial charge in [0.2, 0.25) is 0 Å². The van der Waals surface area contributed by atoms with Gasteiger partial charge in [-0.1, -0.05) is 0 Å². The molecule has 21 heavy (non-hydrogen) atoms. The number of rotatable bonds is 5. The average Bonchev–Trinajstić information content (AvgIpc) is 2.42. The van der Waals surface area contributed by atoms with Crippen LogP contribution in [0.15, 0.2) is 4.99 Å². The van der Waals surface area contributed by atoms with E-state index in [0.717, 1.165) is 5.84 Å². The van der Waals surface area contributed by atoms with Crippen LogP contribution in [-0.4, -0.2) is 75.5 Å². The molecule has 0 aromatic carbocycles. The Morgan fingerprint density at radius 2 is 2.14 bits per heavy atom. The summed E-state index contributed by atoms with van der Waals surface area (Å²) in [6.45, 7) is 8.24. The molecule has 0 aromatic rings. The lowest BCUT2D eigenvalue weighted by Gasteiger charge is -2.30. The number of aliphatic imine (C=N–C) groups is 1. The lowest BCUT2D eigenvalue weighted by atomic mass is 10.2. The Morgan fingerprint density at radius 3 is 2.71 bits per heavy atom. The molecular formula is C14H27N3O4. The van der Waals surface area contributed by atoms with Gasteiger partial charge in [0, 0.05) is 27.3 Å². The van der Waals surface area contributed by atoms with Crippen molar-refractivity contribution in [2.75, 3.05) is 47.0 Å². The highest BCUT2D eigenvalue weighted by molar-refractivity contribution is 5.87. The van der Waals surface area contributed by atoms with Gasteiger partial charge in [0.15, 0.2) is 0 Å². The highest BCUT2D eigenvalue weighted by Crippen LogP contribution is 2.10. The first-order valence-corrected chi connectivity index (χ1v) is 7.12. The van der Waals surface area contributed by atoms with Crippen LogP contribution in [0.3, 0.4) is 0 Å². The third-order valence-electron chi connectivity index (χ3n) is 2.88. The predicted octanol–water partition coefficient (Wildman–Crippen LogP) is 0.887. The van der Waals surface area contributed by atoms with Crippen LogP contribution in [0.1, 0.15) is 20.8 Å². The number of carbonyl (C=O) groups is 1. The van der Waals surface area contributed by atoms with E-state index < -0.39 is 5.60 Å². The van der Waals surface area contributed by atoms with Crippen LogP contribution in [0.4, 0.5) is 4.79 Å². The maximum absolute atomic E-state index is 12.0. The molecule has 122 valence electrons. The van der Waals surface area contributed by atoms with Gasteiger partial charge in [-0.15, -0.1) is 0 Å². The van der Waals surface area contributed by atoms with E-state index in [1.54, 1.807) is 19.1 Å². The van der Waals surface area contributed by atoms with Gasteiger partial charge in [-0.3, -0.25) is 9.89 Å². The third-order valence-corrected chi connectivity index (χ3v) is 2.88. The molecule has 1 aliphatic heterocycles. The fourth-order valence-electron chi connectivity index (χ4n) is 1.84. The largest absolute Gasteiger partial charge is 0.444 e. The molecular weight excluding hydrogens is 274 g/mol. The Bertz CT molecular complexity index is 366. The molecule has 1 unspecified atom stereocenters. The number of ether oxygens (including phenoxy) is 3. The molecule has 7 heteroatoms. The topological polar surface area (TPSA) is 72.4 Å². The molecule has 0 saturated carbocycles. The first-order valence-electron chi connectivity index (χ1n) is 7.12. The minimum atomic E-state index is -0.487. The van der Waals surface area contributed by atoms with Crippen LogP contribution in [0.2, 0.25) is 0 Å². The molecule has 1 atom stereocenters. The maximum atomic E-state index is 12.0. The van der Waals surface area contributed by atoms with Crippen LogP contribution < -0.4 is 5.32 Å². The average molecular weight is 301 g/mol. The van der Waals surface area contributed by atoms with Crippen LogP contribution in [0.25, 0.3) is 0 Å². The molecule has 1 amide bonds. The van der Waals surface area contributed by atoms with Gasteiger partial charge in [0.05, 0.1) is 25.8 Å². The van der Waals surface area contributed by atoms with Gasteiger partial charge in [0.25, 0.3) is 0 Å². The summed E-state index contributed by atoms with van der Waals surface area (Å²) in [5.74, 6) is 0.769. The number of amides is 1. The van der Waals surface area contributed by atoms with Crippen LogP contribution in [-0.2, 0) is 14.2 Å². The summed E-state index contributed by atoms with van der Waals surface area (Å²) in [6.07, 6.45) is -0.355. The fourth-order valence-corrected chi connectivity index (χ4v) is 1.84. The Hall–Kier alpha value is -1.34. The molecule has 0 radical (unpaired) electrons. The molecule has 1 rings (SSSR count). The van der Waals surface area contributed by atoms with Crippen molar-refractivity contribution in [1.29, 1.82) is 0 Å². The minimum Gasteiger partial charge on any atom is -0.444 e. The van der Waals surface area contributed by atoms with Crippen LogP contribution in [0.5, 0.6) is 0 Å². The van der Waals surface area contributed by atoms with E-state index in [1.165, 1.54) is 0 Å². The first-order chi connectivity index (χ1) is 9.85. The summed E-state index contributed by atoms with van der Waals surface area (Å²) in [5, 5.41) is 3.20. The molecule has 0 spiro atoms. The molecule has 1 heterocycles. The van der Waals surface area contributed by atoms with E-state index in [9.17, 15) is 4.79 Å². The Balaban J connectivity index is 2.44. The standard InChI is InChI=1S/C14H27N3O4/c1-14(2,3)21-13(18)17-7-6-15-12(9-17)16-8-11(20-5)10-19-4/h11H,6-10H2,1-5H3,(H,15,16). The van der Waals surface area contributed by atoms with Crippen molar-refractivity contribution in [2.45, 2.75) is 32.5 Å². The zero-order valence-electron chi connectivity index (χ0n) is 13.6. The molecule has 0 bridgehead atoms. The summed E-state index contributed by atoms with van der Waals surface area (Å²) in [4.78, 5) is 18.1. The number of nitrogens with one attached hydrogen (secondary N) is 1. The fraction of sp³-hybridized carbons (Fsp3) is 0.857. The van der Waals surface area contributed by atoms with Crippen molar-refractivity contribution in [3.63, 3.8) is 0 Å². The lowest BCUT2D eigenvalue weighted by molar-refractivity contribution is 0.0266. The SMILES string of the molecule is COCC(CNC1=NCCN(C(=O)OC(C)(C)C)C1)OC. The third kappa shape index (κ3) is 6.77. The Kier molecular flexibility index (Phi) is 6.91. The van der Waals surface area contributed by atoms with E-state index in [2.05, 4.69) is 10.3 Å². The molecule has 0 aliphatic carbocycles. The summed E-state index contributed by atoms with van der Waals surface area (Å²) >= 11 is 0. The molecule has 0 aromatic heterocycles. The van der Waals surface area contributed by atoms with Gasteiger partial charge in [-0.25, -0.2) is 4.79 Å². The van der Waals surface area contributed by atoms with Gasteiger partial charge in [-0.2, -0.15) is 0 Å². The van der Waals surface area contributed by atoms with Crippen molar-refractivity contribution >= 4 is 11.9 Å². The predicted molar refractivity (Wildman–Crippen MR) is 80.8 cm³/mol. The van der Waals surface area contributed by atoms with Crippen molar-refractivity contribution in [2.24, 2.45) is 4.99 Å². The highest BCUT2D eigenvalue weighted by Gasteiger charge is 2.25. The summed E-state index contributed by atoms with van der Waals surface area (Å²) in [7, 11) is 3.27. The normalized spacial score (nSPS) is 17.2. The second-order valence-electron chi connectivity index (χ2n) is 5.92. The van der Waals surface area contributed by atoms with E-state index in [0.29, 0.717) is 32.8 Å². The number of nitrogens with zero attached hydrogens (tertiary/aromatic N) is 2. The molecule has 1 aliphatic rings. The van der Waals surface area contributed by atoms with Gasteiger partial charge < -0.3 is 19.5 Å². The number of hydrogen-bond acceptors (Lipinski definition) is 6. The van der Waals surface area contributed by atoms with Crippen LogP contribution in [0, 0.1) is 0 Å². The smallest absolute Gasteiger partial charge is 0.410 e. The van der Waals surface area contributed by atoms with E-state index in [-0.39, 0.29) is 12.2 Å².